The maximum absolute atomic E-state index is 2.42. The molecule has 38 heavy (non-hydrogen) atoms. The van der Waals surface area contributed by atoms with Gasteiger partial charge >= 0.3 is 0 Å². The van der Waals surface area contributed by atoms with Crippen molar-refractivity contribution in [2.45, 2.75) is 7.43 Å². The Hall–Kier alpha value is -4.88. The summed E-state index contributed by atoms with van der Waals surface area (Å²) in [6.07, 6.45) is 0. The first-order valence-corrected chi connectivity index (χ1v) is 12.7. The molecule has 0 heterocycles. The smallest absolute Gasteiger partial charge is 0.0618 e. The minimum atomic E-state index is 0. The predicted molar refractivity (Wildman–Crippen MR) is 166 cm³/mol. The van der Waals surface area contributed by atoms with Crippen LogP contribution in [0, 0.1) is 0 Å². The number of hydrogen-bond donors (Lipinski definition) is 0. The van der Waals surface area contributed by atoms with Gasteiger partial charge in [-0.3, -0.25) is 0 Å². The highest BCUT2D eigenvalue weighted by molar-refractivity contribution is 6.22. The van der Waals surface area contributed by atoms with Crippen LogP contribution in [0.3, 0.4) is 0 Å². The van der Waals surface area contributed by atoms with Gasteiger partial charge in [0.2, 0.25) is 0 Å². The third kappa shape index (κ3) is 3.90. The van der Waals surface area contributed by atoms with Gasteiger partial charge in [0, 0.05) is 22.1 Å². The molecule has 0 fully saturated rings. The largest absolute Gasteiger partial charge is 0.309 e. The summed E-state index contributed by atoms with van der Waals surface area (Å²) in [5.74, 6) is 0. The zero-order chi connectivity index (χ0) is 24.6. The van der Waals surface area contributed by atoms with Gasteiger partial charge in [-0.1, -0.05) is 135 Å². The van der Waals surface area contributed by atoms with Gasteiger partial charge in [-0.25, -0.2) is 0 Å². The number of fused-ring (bicyclic) bond motifs is 3. The van der Waals surface area contributed by atoms with Gasteiger partial charge in [0.25, 0.3) is 0 Å². The lowest BCUT2D eigenvalue weighted by atomic mass is 9.90. The van der Waals surface area contributed by atoms with Gasteiger partial charge < -0.3 is 4.90 Å². The quantitative estimate of drug-likeness (QED) is 0.223. The zero-order valence-corrected chi connectivity index (χ0v) is 20.4. The van der Waals surface area contributed by atoms with Crippen molar-refractivity contribution in [3.8, 4) is 11.1 Å². The lowest BCUT2D eigenvalue weighted by molar-refractivity contribution is 1.32. The molecule has 0 amide bonds. The monoisotopic (exact) mass is 487 g/mol. The minimum Gasteiger partial charge on any atom is -0.309 e. The Morgan fingerprint density at radius 1 is 0.368 bits per heavy atom. The van der Waals surface area contributed by atoms with Crippen molar-refractivity contribution in [3.63, 3.8) is 0 Å². The first kappa shape index (κ1) is 23.5. The van der Waals surface area contributed by atoms with Crippen LogP contribution in [-0.2, 0) is 0 Å². The molecule has 0 aliphatic rings. The van der Waals surface area contributed by atoms with Crippen molar-refractivity contribution in [2.24, 2.45) is 0 Å². The van der Waals surface area contributed by atoms with E-state index in [2.05, 4.69) is 157 Å². The molecule has 0 saturated carbocycles. The SMILES string of the molecule is C.c1ccc(-c2c3ccccc3c(N(c3ccccc3)c3ccc4ccccc4c3)c3ccccc23)cc1. The maximum atomic E-state index is 2.42. The molecule has 0 saturated heterocycles. The summed E-state index contributed by atoms with van der Waals surface area (Å²) in [4.78, 5) is 2.42. The molecule has 0 radical (unpaired) electrons. The number of benzene rings is 7. The van der Waals surface area contributed by atoms with E-state index in [-0.39, 0.29) is 7.43 Å². The highest BCUT2D eigenvalue weighted by Crippen LogP contribution is 2.48. The van der Waals surface area contributed by atoms with Gasteiger partial charge in [-0.15, -0.1) is 0 Å². The Balaban J connectivity index is 0.00000264. The van der Waals surface area contributed by atoms with Crippen molar-refractivity contribution in [3.05, 3.63) is 152 Å². The molecule has 0 unspecified atom stereocenters. The first-order chi connectivity index (χ1) is 18.4. The van der Waals surface area contributed by atoms with E-state index in [0.717, 1.165) is 11.4 Å². The van der Waals surface area contributed by atoms with E-state index < -0.39 is 0 Å². The van der Waals surface area contributed by atoms with Gasteiger partial charge in [0.15, 0.2) is 0 Å². The van der Waals surface area contributed by atoms with E-state index in [1.165, 1.54) is 49.1 Å². The van der Waals surface area contributed by atoms with E-state index in [9.17, 15) is 0 Å². The molecule has 182 valence electrons. The summed E-state index contributed by atoms with van der Waals surface area (Å²) < 4.78 is 0. The Kier molecular flexibility index (Phi) is 6.11. The van der Waals surface area contributed by atoms with Crippen molar-refractivity contribution in [2.75, 3.05) is 4.90 Å². The molecule has 0 aromatic heterocycles. The number of para-hydroxylation sites is 1. The second-order valence-corrected chi connectivity index (χ2v) is 9.38. The molecule has 0 N–H and O–H groups in total. The Morgan fingerprint density at radius 3 is 1.50 bits per heavy atom. The Labute approximate surface area is 224 Å². The number of hydrogen-bond acceptors (Lipinski definition) is 1. The summed E-state index contributed by atoms with van der Waals surface area (Å²) in [6, 6.07) is 54.5. The number of rotatable bonds is 4. The third-order valence-corrected chi connectivity index (χ3v) is 7.19. The highest BCUT2D eigenvalue weighted by Gasteiger charge is 2.21. The van der Waals surface area contributed by atoms with Crippen molar-refractivity contribution < 1.29 is 0 Å². The molecule has 0 aliphatic carbocycles. The third-order valence-electron chi connectivity index (χ3n) is 7.19. The normalized spacial score (nSPS) is 10.9. The van der Waals surface area contributed by atoms with E-state index in [0.29, 0.717) is 0 Å². The topological polar surface area (TPSA) is 3.24 Å². The number of anilines is 3. The predicted octanol–water partition coefficient (Wildman–Crippen LogP) is 10.9. The van der Waals surface area contributed by atoms with Gasteiger partial charge in [0.05, 0.1) is 5.69 Å². The van der Waals surface area contributed by atoms with Crippen LogP contribution in [0.2, 0.25) is 0 Å². The molecule has 7 aromatic carbocycles. The first-order valence-electron chi connectivity index (χ1n) is 12.7. The molecule has 7 rings (SSSR count). The van der Waals surface area contributed by atoms with Gasteiger partial charge in [-0.05, 0) is 56.9 Å². The number of nitrogens with zero attached hydrogens (tertiary/aromatic N) is 1. The van der Waals surface area contributed by atoms with Crippen LogP contribution in [-0.4, -0.2) is 0 Å². The van der Waals surface area contributed by atoms with Crippen molar-refractivity contribution >= 4 is 49.4 Å². The molecule has 0 spiro atoms. The van der Waals surface area contributed by atoms with Crippen molar-refractivity contribution in [1.29, 1.82) is 0 Å². The average Bonchev–Trinajstić information content (AvgIpc) is 2.98. The summed E-state index contributed by atoms with van der Waals surface area (Å²) in [5, 5.41) is 7.45. The Bertz CT molecular complexity index is 1810. The summed E-state index contributed by atoms with van der Waals surface area (Å²) in [7, 11) is 0. The van der Waals surface area contributed by atoms with E-state index in [1.54, 1.807) is 0 Å². The molecule has 1 nitrogen and oxygen atoms in total. The fraction of sp³-hybridized carbons (Fsp3) is 0.0270. The summed E-state index contributed by atoms with van der Waals surface area (Å²) in [6.45, 7) is 0. The van der Waals surface area contributed by atoms with Gasteiger partial charge in [-0.2, -0.15) is 0 Å². The standard InChI is InChI=1S/C36H25N.CH4/c1-3-14-27(15-4-1)35-31-19-9-11-21-33(31)36(34-22-12-10-20-32(34)35)37(29-17-5-2-6-18-29)30-24-23-26-13-7-8-16-28(26)25-30;/h1-25H;1H4. The molecular weight excluding hydrogens is 458 g/mol. The average molecular weight is 488 g/mol. The van der Waals surface area contributed by atoms with E-state index >= 15 is 0 Å². The summed E-state index contributed by atoms with van der Waals surface area (Å²) >= 11 is 0. The van der Waals surface area contributed by atoms with Crippen LogP contribution in [0.5, 0.6) is 0 Å². The fourth-order valence-corrected chi connectivity index (χ4v) is 5.56. The van der Waals surface area contributed by atoms with Crippen molar-refractivity contribution in [1.82, 2.24) is 0 Å². The molecule has 7 aromatic rings. The Morgan fingerprint density at radius 2 is 0.868 bits per heavy atom. The lowest BCUT2D eigenvalue weighted by Gasteiger charge is -2.29. The zero-order valence-electron chi connectivity index (χ0n) is 20.4. The van der Waals surface area contributed by atoms with Crippen LogP contribution >= 0.6 is 0 Å². The molecule has 0 bridgehead atoms. The molecule has 0 atom stereocenters. The molecule has 0 aliphatic heterocycles. The lowest BCUT2D eigenvalue weighted by Crippen LogP contribution is -2.11. The fourth-order valence-electron chi connectivity index (χ4n) is 5.56. The molecule has 1 heteroatoms. The van der Waals surface area contributed by atoms with Crippen LogP contribution in [0.4, 0.5) is 17.1 Å². The summed E-state index contributed by atoms with van der Waals surface area (Å²) in [5.41, 5.74) is 6.00. The van der Waals surface area contributed by atoms with Crippen LogP contribution in [0.15, 0.2) is 152 Å². The van der Waals surface area contributed by atoms with E-state index in [4.69, 9.17) is 0 Å². The minimum absolute atomic E-state index is 0. The van der Waals surface area contributed by atoms with Crippen LogP contribution in [0.1, 0.15) is 7.43 Å². The van der Waals surface area contributed by atoms with Crippen LogP contribution < -0.4 is 4.90 Å². The highest BCUT2D eigenvalue weighted by atomic mass is 15.1. The maximum Gasteiger partial charge on any atom is 0.0618 e. The van der Waals surface area contributed by atoms with Gasteiger partial charge in [0.1, 0.15) is 0 Å². The van der Waals surface area contributed by atoms with Crippen LogP contribution in [0.25, 0.3) is 43.4 Å². The molecular formula is C37H29N. The second kappa shape index (κ2) is 9.88. The second-order valence-electron chi connectivity index (χ2n) is 9.38. The van der Waals surface area contributed by atoms with E-state index in [1.807, 2.05) is 0 Å².